The minimum Gasteiger partial charge on any atom is -0.493 e. The van der Waals surface area contributed by atoms with Crippen LogP contribution in [0.2, 0.25) is 0 Å². The first-order valence-corrected chi connectivity index (χ1v) is 6.83. The number of imidazole rings is 1. The van der Waals surface area contributed by atoms with Gasteiger partial charge in [-0.25, -0.2) is 4.98 Å². The highest BCUT2D eigenvalue weighted by atomic mass is 16.5. The first-order valence-electron chi connectivity index (χ1n) is 6.83. The van der Waals surface area contributed by atoms with Crippen molar-refractivity contribution < 1.29 is 4.74 Å². The average Bonchev–Trinajstić information content (AvgIpc) is 2.92. The molecular weight excluding hydrogens is 238 g/mol. The van der Waals surface area contributed by atoms with Crippen molar-refractivity contribution in [2.45, 2.75) is 25.9 Å². The van der Waals surface area contributed by atoms with Crippen LogP contribution in [0.3, 0.4) is 0 Å². The van der Waals surface area contributed by atoms with Gasteiger partial charge in [0.25, 0.3) is 0 Å². The molecule has 4 heteroatoms. The third-order valence-electron chi connectivity index (χ3n) is 3.57. The molecule has 2 aromatic rings. The Morgan fingerprint density at radius 3 is 3.21 bits per heavy atom. The summed E-state index contributed by atoms with van der Waals surface area (Å²) in [5.41, 5.74) is 2.48. The van der Waals surface area contributed by atoms with Gasteiger partial charge in [0.1, 0.15) is 5.75 Å². The van der Waals surface area contributed by atoms with E-state index in [4.69, 9.17) is 4.74 Å². The first-order chi connectivity index (χ1) is 9.40. The molecule has 1 N–H and O–H groups in total. The van der Waals surface area contributed by atoms with Crippen LogP contribution < -0.4 is 10.1 Å². The second kappa shape index (κ2) is 5.45. The molecule has 0 fully saturated rings. The van der Waals surface area contributed by atoms with Crippen molar-refractivity contribution in [1.29, 1.82) is 0 Å². The molecule has 0 spiro atoms. The van der Waals surface area contributed by atoms with Crippen molar-refractivity contribution in [3.05, 3.63) is 48.0 Å². The zero-order valence-electron chi connectivity index (χ0n) is 11.2. The third kappa shape index (κ3) is 2.36. The van der Waals surface area contributed by atoms with E-state index >= 15 is 0 Å². The molecule has 0 amide bonds. The van der Waals surface area contributed by atoms with Crippen LogP contribution in [-0.4, -0.2) is 22.7 Å². The third-order valence-corrected chi connectivity index (χ3v) is 3.57. The summed E-state index contributed by atoms with van der Waals surface area (Å²) < 4.78 is 7.99. The molecule has 1 atom stereocenters. The van der Waals surface area contributed by atoms with Crippen LogP contribution in [0.1, 0.15) is 30.6 Å². The molecular formula is C15H19N3O. The predicted octanol–water partition coefficient (Wildman–Crippen LogP) is 2.36. The highest BCUT2D eigenvalue weighted by molar-refractivity contribution is 5.38. The minimum atomic E-state index is 0.334. The largest absolute Gasteiger partial charge is 0.493 e. The van der Waals surface area contributed by atoms with Gasteiger partial charge >= 0.3 is 0 Å². The van der Waals surface area contributed by atoms with Gasteiger partial charge in [0.2, 0.25) is 0 Å². The Balaban J connectivity index is 1.93. The van der Waals surface area contributed by atoms with E-state index in [0.717, 1.165) is 31.9 Å². The zero-order valence-corrected chi connectivity index (χ0v) is 11.2. The fourth-order valence-corrected chi connectivity index (χ4v) is 2.61. The van der Waals surface area contributed by atoms with Crippen LogP contribution in [0, 0.1) is 0 Å². The van der Waals surface area contributed by atoms with E-state index in [0.29, 0.717) is 6.04 Å². The molecule has 0 radical (unpaired) electrons. The number of benzene rings is 1. The van der Waals surface area contributed by atoms with Crippen LogP contribution in [0.5, 0.6) is 5.75 Å². The van der Waals surface area contributed by atoms with E-state index in [9.17, 15) is 0 Å². The van der Waals surface area contributed by atoms with E-state index in [2.05, 4.69) is 33.9 Å². The van der Waals surface area contributed by atoms with Gasteiger partial charge in [0, 0.05) is 24.7 Å². The van der Waals surface area contributed by atoms with Crippen molar-refractivity contribution >= 4 is 0 Å². The summed E-state index contributed by atoms with van der Waals surface area (Å²) in [4.78, 5) is 4.31. The molecule has 100 valence electrons. The summed E-state index contributed by atoms with van der Waals surface area (Å²) >= 11 is 0. The molecule has 0 aliphatic carbocycles. The second-order valence-electron chi connectivity index (χ2n) is 4.76. The van der Waals surface area contributed by atoms with Crippen LogP contribution in [0.25, 0.3) is 0 Å². The maximum absolute atomic E-state index is 5.72. The fourth-order valence-electron chi connectivity index (χ4n) is 2.61. The van der Waals surface area contributed by atoms with Crippen molar-refractivity contribution in [1.82, 2.24) is 14.9 Å². The lowest BCUT2D eigenvalue weighted by Gasteiger charge is -2.28. The van der Waals surface area contributed by atoms with Gasteiger partial charge in [-0.05, 0) is 12.6 Å². The molecule has 4 nitrogen and oxygen atoms in total. The molecule has 19 heavy (non-hydrogen) atoms. The number of aromatic nitrogens is 2. The molecule has 1 aliphatic rings. The number of para-hydroxylation sites is 1. The van der Waals surface area contributed by atoms with Gasteiger partial charge in [0.05, 0.1) is 24.7 Å². The van der Waals surface area contributed by atoms with Crippen LogP contribution in [0.15, 0.2) is 36.8 Å². The number of nitrogens with zero attached hydrogens (tertiary/aromatic N) is 2. The van der Waals surface area contributed by atoms with Gasteiger partial charge in [-0.3, -0.25) is 0 Å². The summed E-state index contributed by atoms with van der Waals surface area (Å²) in [5, 5.41) is 3.36. The molecule has 1 aliphatic heterocycles. The molecule has 1 unspecified atom stereocenters. The number of hydrogen-bond acceptors (Lipinski definition) is 3. The SMILES string of the molecule is CCNCc1cncn1C1CCOc2ccccc21. The highest BCUT2D eigenvalue weighted by Gasteiger charge is 2.23. The van der Waals surface area contributed by atoms with Crippen LogP contribution in [-0.2, 0) is 6.54 Å². The van der Waals surface area contributed by atoms with Crippen molar-refractivity contribution in [2.75, 3.05) is 13.2 Å². The average molecular weight is 257 g/mol. The van der Waals surface area contributed by atoms with Crippen molar-refractivity contribution in [3.63, 3.8) is 0 Å². The Labute approximate surface area is 113 Å². The van der Waals surface area contributed by atoms with Gasteiger partial charge in [0.15, 0.2) is 0 Å². The zero-order chi connectivity index (χ0) is 13.1. The Morgan fingerprint density at radius 2 is 2.32 bits per heavy atom. The summed E-state index contributed by atoms with van der Waals surface area (Å²) in [5.74, 6) is 1.00. The normalized spacial score (nSPS) is 17.8. The van der Waals surface area contributed by atoms with E-state index in [-0.39, 0.29) is 0 Å². The number of fused-ring (bicyclic) bond motifs is 1. The molecule has 0 saturated carbocycles. The Kier molecular flexibility index (Phi) is 3.51. The number of rotatable bonds is 4. The van der Waals surface area contributed by atoms with Gasteiger partial charge in [-0.2, -0.15) is 0 Å². The maximum atomic E-state index is 5.72. The Hall–Kier alpha value is -1.81. The molecule has 3 rings (SSSR count). The first kappa shape index (κ1) is 12.2. The standard InChI is InChI=1S/C15H19N3O/c1-2-16-9-12-10-17-11-18(12)14-7-8-19-15-6-4-3-5-13(14)15/h3-6,10-11,14,16H,2,7-9H2,1H3. The molecule has 0 saturated heterocycles. The van der Waals surface area contributed by atoms with Crippen molar-refractivity contribution in [3.8, 4) is 5.75 Å². The smallest absolute Gasteiger partial charge is 0.124 e. The predicted molar refractivity (Wildman–Crippen MR) is 74.3 cm³/mol. The van der Waals surface area contributed by atoms with Gasteiger partial charge in [-0.15, -0.1) is 0 Å². The lowest BCUT2D eigenvalue weighted by Crippen LogP contribution is -2.23. The molecule has 2 heterocycles. The molecule has 0 bridgehead atoms. The van der Waals surface area contributed by atoms with E-state index in [1.54, 1.807) is 0 Å². The summed E-state index contributed by atoms with van der Waals surface area (Å²) in [6.45, 7) is 4.70. The summed E-state index contributed by atoms with van der Waals surface area (Å²) in [7, 11) is 0. The Morgan fingerprint density at radius 1 is 1.42 bits per heavy atom. The van der Waals surface area contributed by atoms with Crippen LogP contribution in [0.4, 0.5) is 0 Å². The van der Waals surface area contributed by atoms with E-state index in [1.165, 1.54) is 11.3 Å². The van der Waals surface area contributed by atoms with Crippen LogP contribution >= 0.6 is 0 Å². The number of hydrogen-bond donors (Lipinski definition) is 1. The quantitative estimate of drug-likeness (QED) is 0.914. The molecule has 1 aromatic heterocycles. The van der Waals surface area contributed by atoms with Gasteiger partial charge in [-0.1, -0.05) is 25.1 Å². The molecule has 1 aromatic carbocycles. The maximum Gasteiger partial charge on any atom is 0.124 e. The monoisotopic (exact) mass is 257 g/mol. The summed E-state index contributed by atoms with van der Waals surface area (Å²) in [6, 6.07) is 8.62. The Bertz CT molecular complexity index is 550. The van der Waals surface area contributed by atoms with Gasteiger partial charge < -0.3 is 14.6 Å². The van der Waals surface area contributed by atoms with E-state index in [1.807, 2.05) is 24.7 Å². The highest BCUT2D eigenvalue weighted by Crippen LogP contribution is 2.34. The lowest BCUT2D eigenvalue weighted by atomic mass is 10.0. The summed E-state index contributed by atoms with van der Waals surface area (Å²) in [6.07, 6.45) is 4.87. The van der Waals surface area contributed by atoms with Crippen molar-refractivity contribution in [2.24, 2.45) is 0 Å². The second-order valence-corrected chi connectivity index (χ2v) is 4.76. The minimum absolute atomic E-state index is 0.334. The lowest BCUT2D eigenvalue weighted by molar-refractivity contribution is 0.254. The number of nitrogens with one attached hydrogen (secondary N) is 1. The fraction of sp³-hybridized carbons (Fsp3) is 0.400. The topological polar surface area (TPSA) is 39.1 Å². The van der Waals surface area contributed by atoms with E-state index < -0.39 is 0 Å². The number of ether oxygens (including phenoxy) is 1.